The third kappa shape index (κ3) is 3.45. The fourth-order valence-electron chi connectivity index (χ4n) is 3.73. The zero-order valence-electron chi connectivity index (χ0n) is 16.0. The van der Waals surface area contributed by atoms with Gasteiger partial charge in [0.15, 0.2) is 23.6 Å². The Balaban J connectivity index is 1.46. The van der Waals surface area contributed by atoms with Gasteiger partial charge in [-0.15, -0.1) is 0 Å². The van der Waals surface area contributed by atoms with Crippen molar-refractivity contribution in [3.8, 4) is 0 Å². The van der Waals surface area contributed by atoms with E-state index in [1.165, 1.54) is 28.8 Å². The van der Waals surface area contributed by atoms with E-state index in [0.29, 0.717) is 0 Å². The molecule has 1 saturated heterocycles. The van der Waals surface area contributed by atoms with Crippen LogP contribution in [0.25, 0.3) is 20.4 Å². The Morgan fingerprint density at radius 3 is 1.89 bits per heavy atom. The average molecular weight is 411 g/mol. The first-order chi connectivity index (χ1) is 13.8. The van der Waals surface area contributed by atoms with E-state index in [2.05, 4.69) is 65.3 Å². The van der Waals surface area contributed by atoms with Crippen molar-refractivity contribution in [2.45, 2.75) is 19.8 Å². The van der Waals surface area contributed by atoms with Gasteiger partial charge in [-0.25, -0.2) is 9.97 Å². The van der Waals surface area contributed by atoms with Crippen molar-refractivity contribution < 1.29 is 4.90 Å². The first-order valence-electron chi connectivity index (χ1n) is 9.85. The topological polar surface area (TPSA) is 36.7 Å². The lowest BCUT2D eigenvalue weighted by molar-refractivity contribution is -0.902. The Hall–Kier alpha value is -2.22. The first-order valence-corrected chi connectivity index (χ1v) is 11.5. The van der Waals surface area contributed by atoms with Gasteiger partial charge in [0.1, 0.15) is 6.67 Å². The number of rotatable bonds is 5. The second-order valence-corrected chi connectivity index (χ2v) is 9.34. The van der Waals surface area contributed by atoms with Crippen LogP contribution in [0, 0.1) is 0 Å². The van der Waals surface area contributed by atoms with Crippen LogP contribution in [0.3, 0.4) is 0 Å². The van der Waals surface area contributed by atoms with Crippen LogP contribution < -0.4 is 14.7 Å². The minimum absolute atomic E-state index is 0.843. The fraction of sp³-hybridized carbons (Fsp3) is 0.333. The Labute approximate surface area is 172 Å². The Morgan fingerprint density at radius 1 is 0.857 bits per heavy atom. The molecular formula is C21H24N5S2+. The molecule has 0 spiro atoms. The number of thiazole rings is 2. The van der Waals surface area contributed by atoms with Crippen LogP contribution in [0.15, 0.2) is 48.5 Å². The van der Waals surface area contributed by atoms with Gasteiger partial charge in [-0.1, -0.05) is 60.3 Å². The molecule has 1 fully saturated rings. The van der Waals surface area contributed by atoms with Crippen LogP contribution in [0.4, 0.5) is 10.3 Å². The van der Waals surface area contributed by atoms with Crippen molar-refractivity contribution >= 4 is 53.4 Å². The molecule has 0 saturated carbocycles. The molecule has 2 aromatic carbocycles. The molecule has 0 aliphatic carbocycles. The van der Waals surface area contributed by atoms with Crippen LogP contribution in [-0.2, 0) is 0 Å². The number of aromatic nitrogens is 2. The summed E-state index contributed by atoms with van der Waals surface area (Å²) in [4.78, 5) is 16.2. The lowest BCUT2D eigenvalue weighted by Crippen LogP contribution is -3.17. The molecule has 0 amide bonds. The van der Waals surface area contributed by atoms with Crippen molar-refractivity contribution in [2.75, 3.05) is 36.4 Å². The normalized spacial score (nSPS) is 15.8. The Morgan fingerprint density at radius 2 is 1.39 bits per heavy atom. The molecule has 2 aromatic heterocycles. The summed E-state index contributed by atoms with van der Waals surface area (Å²) in [6.07, 6.45) is 2.47. The Kier molecular flexibility index (Phi) is 4.88. The van der Waals surface area contributed by atoms with Gasteiger partial charge in [-0.05, 0) is 30.7 Å². The summed E-state index contributed by atoms with van der Waals surface area (Å²) in [6, 6.07) is 16.8. The van der Waals surface area contributed by atoms with E-state index in [9.17, 15) is 0 Å². The number of para-hydroxylation sites is 2. The third-order valence-corrected chi connectivity index (χ3v) is 7.35. The average Bonchev–Trinajstić information content (AvgIpc) is 3.36. The van der Waals surface area contributed by atoms with Gasteiger partial charge in [-0.3, -0.25) is 9.80 Å². The maximum atomic E-state index is 4.91. The molecule has 1 aliphatic heterocycles. The summed E-state index contributed by atoms with van der Waals surface area (Å²) < 4.78 is 2.51. The number of quaternary nitrogens is 1. The molecule has 7 heteroatoms. The van der Waals surface area contributed by atoms with E-state index < -0.39 is 0 Å². The second-order valence-electron chi connectivity index (χ2n) is 7.32. The highest BCUT2D eigenvalue weighted by Gasteiger charge is 2.29. The fourth-order valence-corrected chi connectivity index (χ4v) is 5.64. The summed E-state index contributed by atoms with van der Waals surface area (Å²) in [7, 11) is 0. The summed E-state index contributed by atoms with van der Waals surface area (Å²) in [6.45, 7) is 6.29. The summed E-state index contributed by atoms with van der Waals surface area (Å²) in [5, 5.41) is 2.22. The predicted octanol–water partition coefficient (Wildman–Crippen LogP) is 3.79. The molecular weight excluding hydrogens is 386 g/mol. The highest BCUT2D eigenvalue weighted by molar-refractivity contribution is 7.22. The van der Waals surface area contributed by atoms with Crippen molar-refractivity contribution in [3.63, 3.8) is 0 Å². The van der Waals surface area contributed by atoms with E-state index in [1.807, 2.05) is 0 Å². The number of hydrogen-bond donors (Lipinski definition) is 1. The van der Waals surface area contributed by atoms with E-state index in [0.717, 1.165) is 41.3 Å². The molecule has 5 nitrogen and oxygen atoms in total. The number of nitrogens with one attached hydrogen (secondary N) is 1. The van der Waals surface area contributed by atoms with Crippen molar-refractivity contribution in [3.05, 3.63) is 48.5 Å². The molecule has 1 N–H and O–H groups in total. The van der Waals surface area contributed by atoms with Crippen molar-refractivity contribution in [1.29, 1.82) is 0 Å². The van der Waals surface area contributed by atoms with Crippen molar-refractivity contribution in [1.82, 2.24) is 9.97 Å². The molecule has 0 bridgehead atoms. The predicted molar refractivity (Wildman–Crippen MR) is 120 cm³/mol. The number of unbranched alkanes of at least 4 members (excludes halogenated alkanes) is 1. The number of hydrogen-bond acceptors (Lipinski definition) is 6. The molecule has 144 valence electrons. The van der Waals surface area contributed by atoms with Gasteiger partial charge in [0, 0.05) is 0 Å². The quantitative estimate of drug-likeness (QED) is 0.543. The molecule has 28 heavy (non-hydrogen) atoms. The summed E-state index contributed by atoms with van der Waals surface area (Å²) in [5.41, 5.74) is 2.18. The van der Waals surface area contributed by atoms with E-state index in [1.54, 1.807) is 27.6 Å². The van der Waals surface area contributed by atoms with Gasteiger partial charge in [-0.2, -0.15) is 0 Å². The highest BCUT2D eigenvalue weighted by atomic mass is 32.1. The number of anilines is 2. The Bertz CT molecular complexity index is 940. The molecule has 3 heterocycles. The minimum Gasteiger partial charge on any atom is -0.301 e. The molecule has 0 unspecified atom stereocenters. The summed E-state index contributed by atoms with van der Waals surface area (Å²) >= 11 is 3.58. The van der Waals surface area contributed by atoms with E-state index in [4.69, 9.17) is 9.97 Å². The molecule has 0 atom stereocenters. The van der Waals surface area contributed by atoms with Crippen LogP contribution in [0.5, 0.6) is 0 Å². The first kappa shape index (κ1) is 17.8. The zero-order valence-corrected chi connectivity index (χ0v) is 17.6. The van der Waals surface area contributed by atoms with Crippen LogP contribution in [0.1, 0.15) is 19.8 Å². The minimum atomic E-state index is 0.843. The third-order valence-electron chi connectivity index (χ3n) is 5.16. The van der Waals surface area contributed by atoms with Gasteiger partial charge < -0.3 is 4.90 Å². The van der Waals surface area contributed by atoms with Crippen LogP contribution in [0.2, 0.25) is 0 Å². The second kappa shape index (κ2) is 7.66. The lowest BCUT2D eigenvalue weighted by Gasteiger charge is -2.39. The molecule has 1 aliphatic rings. The standard InChI is InChI=1S/C21H23N5S2/c1-2-3-12-24-13-25(20-22-16-8-4-6-10-18(16)27-20)15-26(14-24)21-23-17-9-5-7-11-19(17)28-21/h4-11H,2-3,12-15H2,1H3/p+1. The van der Waals surface area contributed by atoms with Gasteiger partial charge in [0.05, 0.1) is 27.0 Å². The lowest BCUT2D eigenvalue weighted by atomic mass is 10.3. The zero-order chi connectivity index (χ0) is 18.9. The van der Waals surface area contributed by atoms with E-state index >= 15 is 0 Å². The molecule has 4 aromatic rings. The monoisotopic (exact) mass is 410 g/mol. The molecule has 0 radical (unpaired) electrons. The number of benzene rings is 2. The van der Waals surface area contributed by atoms with Crippen LogP contribution in [-0.4, -0.2) is 36.5 Å². The maximum absolute atomic E-state index is 4.91. The van der Waals surface area contributed by atoms with E-state index in [-0.39, 0.29) is 0 Å². The smallest absolute Gasteiger partial charge is 0.192 e. The van der Waals surface area contributed by atoms with Gasteiger partial charge in [0.25, 0.3) is 0 Å². The van der Waals surface area contributed by atoms with Crippen LogP contribution >= 0.6 is 22.7 Å². The maximum Gasteiger partial charge on any atom is 0.192 e. The largest absolute Gasteiger partial charge is 0.301 e. The molecule has 5 rings (SSSR count). The van der Waals surface area contributed by atoms with Crippen molar-refractivity contribution in [2.24, 2.45) is 0 Å². The van der Waals surface area contributed by atoms with Gasteiger partial charge >= 0.3 is 0 Å². The highest BCUT2D eigenvalue weighted by Crippen LogP contribution is 2.31. The van der Waals surface area contributed by atoms with Gasteiger partial charge in [0.2, 0.25) is 0 Å². The summed E-state index contributed by atoms with van der Waals surface area (Å²) in [5.74, 6) is 0. The number of fused-ring (bicyclic) bond motifs is 2. The SMILES string of the molecule is CCCC[NH+]1CN(c2nc3ccccc3s2)CN(c2nc3ccccc3s2)C1. The number of nitrogens with zero attached hydrogens (tertiary/aromatic N) is 4.